The summed E-state index contributed by atoms with van der Waals surface area (Å²) in [5.41, 5.74) is 0.443. The van der Waals surface area contributed by atoms with Gasteiger partial charge in [-0.05, 0) is 51.1 Å². The third kappa shape index (κ3) is 6.17. The third-order valence-electron chi connectivity index (χ3n) is 4.46. The van der Waals surface area contributed by atoms with E-state index < -0.39 is 0 Å². The highest BCUT2D eigenvalue weighted by atomic mass is 35.5. The van der Waals surface area contributed by atoms with E-state index in [1.807, 2.05) is 6.92 Å². The van der Waals surface area contributed by atoms with Gasteiger partial charge < -0.3 is 10.6 Å². The summed E-state index contributed by atoms with van der Waals surface area (Å²) >= 11 is 11.7. The van der Waals surface area contributed by atoms with Crippen LogP contribution >= 0.6 is 23.2 Å². The van der Waals surface area contributed by atoms with E-state index in [1.54, 1.807) is 12.1 Å². The molecule has 1 aromatic rings. The number of carbonyl (C=O) groups excluding carboxylic acids is 2. The summed E-state index contributed by atoms with van der Waals surface area (Å²) in [5.74, 6) is -0.237. The Bertz CT molecular complexity index is 602. The standard InChI is InChI=1S/C18H25Cl2N3O2/c1-13(23-10-4-2-3-5-11-23)17(24)21-8-9-22-18(25)14-6-7-15(19)16(20)12-14/h6-7,12-13H,2-5,8-11H2,1H3,(H,21,24)(H,22,25). The van der Waals surface area contributed by atoms with Crippen molar-refractivity contribution in [1.29, 1.82) is 0 Å². The van der Waals surface area contributed by atoms with Gasteiger partial charge in [0.25, 0.3) is 5.91 Å². The summed E-state index contributed by atoms with van der Waals surface area (Å²) in [6.45, 7) is 4.64. The summed E-state index contributed by atoms with van der Waals surface area (Å²) in [4.78, 5) is 26.5. The van der Waals surface area contributed by atoms with Crippen molar-refractivity contribution < 1.29 is 9.59 Å². The molecule has 0 spiro atoms. The Kier molecular flexibility index (Phi) is 8.00. The van der Waals surface area contributed by atoms with Crippen molar-refractivity contribution in [3.05, 3.63) is 33.8 Å². The second-order valence-electron chi connectivity index (χ2n) is 6.30. The number of nitrogens with zero attached hydrogens (tertiary/aromatic N) is 1. The predicted octanol–water partition coefficient (Wildman–Crippen LogP) is 3.10. The molecule has 1 atom stereocenters. The maximum absolute atomic E-state index is 12.3. The molecule has 2 rings (SSSR count). The van der Waals surface area contributed by atoms with Crippen LogP contribution in [0.2, 0.25) is 10.0 Å². The summed E-state index contributed by atoms with van der Waals surface area (Å²) in [7, 11) is 0. The van der Waals surface area contributed by atoms with Crippen molar-refractivity contribution in [2.45, 2.75) is 38.6 Å². The highest BCUT2D eigenvalue weighted by molar-refractivity contribution is 6.42. The molecule has 0 aromatic heterocycles. The van der Waals surface area contributed by atoms with Crippen molar-refractivity contribution in [2.24, 2.45) is 0 Å². The number of amides is 2. The van der Waals surface area contributed by atoms with E-state index in [0.29, 0.717) is 28.7 Å². The topological polar surface area (TPSA) is 61.4 Å². The Morgan fingerprint density at radius 2 is 1.68 bits per heavy atom. The van der Waals surface area contributed by atoms with Crippen LogP contribution in [0.3, 0.4) is 0 Å². The molecule has 1 unspecified atom stereocenters. The molecule has 1 fully saturated rings. The van der Waals surface area contributed by atoms with E-state index in [0.717, 1.165) is 25.9 Å². The molecular formula is C18H25Cl2N3O2. The first-order chi connectivity index (χ1) is 12.0. The van der Waals surface area contributed by atoms with Crippen LogP contribution in [0.1, 0.15) is 43.0 Å². The van der Waals surface area contributed by atoms with Crippen molar-refractivity contribution in [3.63, 3.8) is 0 Å². The lowest BCUT2D eigenvalue weighted by Gasteiger charge is -2.26. The van der Waals surface area contributed by atoms with Gasteiger partial charge in [0.05, 0.1) is 16.1 Å². The average Bonchev–Trinajstić information content (AvgIpc) is 2.89. The summed E-state index contributed by atoms with van der Waals surface area (Å²) in [6.07, 6.45) is 4.78. The normalized spacial score (nSPS) is 16.8. The SMILES string of the molecule is CC(C(=O)NCCNC(=O)c1ccc(Cl)c(Cl)c1)N1CCCCCC1. The zero-order valence-electron chi connectivity index (χ0n) is 14.5. The van der Waals surface area contributed by atoms with Gasteiger partial charge in [-0.1, -0.05) is 36.0 Å². The van der Waals surface area contributed by atoms with Crippen LogP contribution in [0, 0.1) is 0 Å². The van der Waals surface area contributed by atoms with Gasteiger partial charge in [0, 0.05) is 18.7 Å². The zero-order chi connectivity index (χ0) is 18.2. The molecule has 7 heteroatoms. The third-order valence-corrected chi connectivity index (χ3v) is 5.20. The van der Waals surface area contributed by atoms with E-state index in [1.165, 1.54) is 18.9 Å². The fourth-order valence-corrected chi connectivity index (χ4v) is 3.20. The molecule has 2 N–H and O–H groups in total. The van der Waals surface area contributed by atoms with Crippen LogP contribution in [-0.4, -0.2) is 48.9 Å². The van der Waals surface area contributed by atoms with Gasteiger partial charge >= 0.3 is 0 Å². The Morgan fingerprint density at radius 1 is 1.04 bits per heavy atom. The molecule has 1 saturated heterocycles. The zero-order valence-corrected chi connectivity index (χ0v) is 16.0. The highest BCUT2D eigenvalue weighted by Gasteiger charge is 2.21. The van der Waals surface area contributed by atoms with Gasteiger partial charge in [-0.15, -0.1) is 0 Å². The fourth-order valence-electron chi connectivity index (χ4n) is 2.90. The molecule has 25 heavy (non-hydrogen) atoms. The Labute approximate surface area is 159 Å². The number of carbonyl (C=O) groups is 2. The molecule has 0 bridgehead atoms. The number of likely N-dealkylation sites (tertiary alicyclic amines) is 1. The second kappa shape index (κ2) is 10.00. The fraction of sp³-hybridized carbons (Fsp3) is 0.556. The van der Waals surface area contributed by atoms with Crippen LogP contribution in [0.15, 0.2) is 18.2 Å². The van der Waals surface area contributed by atoms with Gasteiger partial charge in [-0.3, -0.25) is 14.5 Å². The molecule has 1 aliphatic rings. The van der Waals surface area contributed by atoms with Crippen molar-refractivity contribution in [2.75, 3.05) is 26.2 Å². The summed E-state index contributed by atoms with van der Waals surface area (Å²) in [5, 5.41) is 6.40. The van der Waals surface area contributed by atoms with E-state index in [4.69, 9.17) is 23.2 Å². The molecule has 0 radical (unpaired) electrons. The average molecular weight is 386 g/mol. The summed E-state index contributed by atoms with van der Waals surface area (Å²) in [6, 6.07) is 4.59. The van der Waals surface area contributed by atoms with Crippen LogP contribution in [-0.2, 0) is 4.79 Å². The van der Waals surface area contributed by atoms with Gasteiger partial charge in [0.15, 0.2) is 0 Å². The van der Waals surface area contributed by atoms with E-state index >= 15 is 0 Å². The molecule has 0 aliphatic carbocycles. The minimum Gasteiger partial charge on any atom is -0.353 e. The molecule has 1 heterocycles. The molecule has 1 aromatic carbocycles. The van der Waals surface area contributed by atoms with E-state index in [-0.39, 0.29) is 17.9 Å². The Morgan fingerprint density at radius 3 is 2.32 bits per heavy atom. The lowest BCUT2D eigenvalue weighted by Crippen LogP contribution is -2.47. The van der Waals surface area contributed by atoms with Crippen molar-refractivity contribution >= 4 is 35.0 Å². The minimum absolute atomic E-state index is 0.00527. The predicted molar refractivity (Wildman–Crippen MR) is 101 cm³/mol. The van der Waals surface area contributed by atoms with Gasteiger partial charge in [0.2, 0.25) is 5.91 Å². The highest BCUT2D eigenvalue weighted by Crippen LogP contribution is 2.22. The molecule has 138 valence electrons. The van der Waals surface area contributed by atoms with Crippen LogP contribution in [0.4, 0.5) is 0 Å². The molecule has 0 saturated carbocycles. The van der Waals surface area contributed by atoms with E-state index in [9.17, 15) is 9.59 Å². The first-order valence-corrected chi connectivity index (χ1v) is 9.49. The number of hydrogen-bond donors (Lipinski definition) is 2. The molecular weight excluding hydrogens is 361 g/mol. The number of halogens is 2. The minimum atomic E-state index is -0.242. The number of nitrogens with one attached hydrogen (secondary N) is 2. The number of benzene rings is 1. The van der Waals surface area contributed by atoms with Crippen molar-refractivity contribution in [3.8, 4) is 0 Å². The Balaban J connectivity index is 1.71. The van der Waals surface area contributed by atoms with Crippen LogP contribution < -0.4 is 10.6 Å². The quantitative estimate of drug-likeness (QED) is 0.739. The maximum Gasteiger partial charge on any atom is 0.251 e. The molecule has 1 aliphatic heterocycles. The van der Waals surface area contributed by atoms with Crippen molar-refractivity contribution in [1.82, 2.24) is 15.5 Å². The van der Waals surface area contributed by atoms with Gasteiger partial charge in [-0.2, -0.15) is 0 Å². The van der Waals surface area contributed by atoms with Gasteiger partial charge in [-0.25, -0.2) is 0 Å². The first-order valence-electron chi connectivity index (χ1n) is 8.74. The molecule has 5 nitrogen and oxygen atoms in total. The first kappa shape index (κ1) is 20.0. The molecule has 2 amide bonds. The smallest absolute Gasteiger partial charge is 0.251 e. The van der Waals surface area contributed by atoms with Crippen LogP contribution in [0.25, 0.3) is 0 Å². The monoisotopic (exact) mass is 385 g/mol. The lowest BCUT2D eigenvalue weighted by molar-refractivity contribution is -0.125. The van der Waals surface area contributed by atoms with E-state index in [2.05, 4.69) is 15.5 Å². The Hall–Kier alpha value is -1.30. The van der Waals surface area contributed by atoms with Gasteiger partial charge in [0.1, 0.15) is 0 Å². The number of rotatable bonds is 6. The maximum atomic E-state index is 12.3. The lowest BCUT2D eigenvalue weighted by atomic mass is 10.2. The largest absolute Gasteiger partial charge is 0.353 e. The second-order valence-corrected chi connectivity index (χ2v) is 7.12. The summed E-state index contributed by atoms with van der Waals surface area (Å²) < 4.78 is 0. The number of hydrogen-bond acceptors (Lipinski definition) is 3. The van der Waals surface area contributed by atoms with Crippen LogP contribution in [0.5, 0.6) is 0 Å².